The monoisotopic (exact) mass is 328 g/mol. The summed E-state index contributed by atoms with van der Waals surface area (Å²) in [7, 11) is 0. The van der Waals surface area contributed by atoms with Crippen LogP contribution in [0.25, 0.3) is 5.78 Å². The van der Waals surface area contributed by atoms with E-state index in [4.69, 9.17) is 0 Å². The number of aromatic nitrogens is 4. The maximum absolute atomic E-state index is 13.1. The summed E-state index contributed by atoms with van der Waals surface area (Å²) in [6, 6.07) is 6.34. The van der Waals surface area contributed by atoms with E-state index in [0.717, 1.165) is 11.3 Å². The molecule has 0 saturated carbocycles. The number of carbonyl (C=O) groups excluding carboxylic acids is 1. The second-order valence-electron chi connectivity index (χ2n) is 5.51. The number of ketones is 1. The Balaban J connectivity index is 1.81. The number of thioether (sulfide) groups is 1. The van der Waals surface area contributed by atoms with E-state index in [9.17, 15) is 9.18 Å². The van der Waals surface area contributed by atoms with Crippen molar-refractivity contribution in [2.75, 3.05) is 6.26 Å². The zero-order valence-electron chi connectivity index (χ0n) is 12.4. The average Bonchev–Trinajstić information content (AvgIpc) is 2.99. The van der Waals surface area contributed by atoms with Gasteiger partial charge in [-0.05, 0) is 36.3 Å². The van der Waals surface area contributed by atoms with Gasteiger partial charge in [0.2, 0.25) is 5.16 Å². The van der Waals surface area contributed by atoms with Crippen LogP contribution in [0.4, 0.5) is 4.39 Å². The number of carbonyl (C=O) groups is 1. The van der Waals surface area contributed by atoms with Crippen molar-refractivity contribution in [2.45, 2.75) is 23.9 Å². The summed E-state index contributed by atoms with van der Waals surface area (Å²) in [4.78, 5) is 21.0. The van der Waals surface area contributed by atoms with Crippen LogP contribution < -0.4 is 0 Å². The Morgan fingerprint density at radius 2 is 2.04 bits per heavy atom. The molecule has 5 nitrogen and oxygen atoms in total. The van der Waals surface area contributed by atoms with E-state index in [1.54, 1.807) is 22.8 Å². The summed E-state index contributed by atoms with van der Waals surface area (Å²) in [6.45, 7) is 0. The van der Waals surface area contributed by atoms with Gasteiger partial charge in [0.25, 0.3) is 5.78 Å². The lowest BCUT2D eigenvalue weighted by Gasteiger charge is -2.23. The van der Waals surface area contributed by atoms with Crippen molar-refractivity contribution < 1.29 is 9.18 Å². The van der Waals surface area contributed by atoms with Gasteiger partial charge in [-0.1, -0.05) is 23.9 Å². The van der Waals surface area contributed by atoms with E-state index < -0.39 is 0 Å². The Kier molecular flexibility index (Phi) is 3.37. The number of Topliss-reactive ketones (excluding diaryl/α,β-unsaturated/α-hetero) is 1. The molecule has 23 heavy (non-hydrogen) atoms. The molecule has 2 aromatic heterocycles. The van der Waals surface area contributed by atoms with Crippen molar-refractivity contribution >= 4 is 23.3 Å². The van der Waals surface area contributed by atoms with Crippen molar-refractivity contribution in [3.8, 4) is 0 Å². The predicted octanol–water partition coefficient (Wildman–Crippen LogP) is 2.90. The van der Waals surface area contributed by atoms with E-state index in [1.165, 1.54) is 23.9 Å². The standard InChI is InChI=1S/C16H13FN4OS/c1-23-16-19-15-18-8-12-13(21(15)20-16)6-10(7-14(12)22)9-2-4-11(17)5-3-9/h2-5,8,10H,6-7H2,1H3. The van der Waals surface area contributed by atoms with Gasteiger partial charge in [0, 0.05) is 12.6 Å². The molecule has 0 N–H and O–H groups in total. The minimum Gasteiger partial charge on any atom is -0.294 e. The Morgan fingerprint density at radius 3 is 2.78 bits per heavy atom. The van der Waals surface area contributed by atoms with Crippen LogP contribution in [-0.4, -0.2) is 31.6 Å². The first-order valence-corrected chi connectivity index (χ1v) is 8.45. The quantitative estimate of drug-likeness (QED) is 0.677. The van der Waals surface area contributed by atoms with Gasteiger partial charge in [0.1, 0.15) is 5.82 Å². The van der Waals surface area contributed by atoms with E-state index >= 15 is 0 Å². The Morgan fingerprint density at radius 1 is 1.26 bits per heavy atom. The van der Waals surface area contributed by atoms with Crippen LogP contribution in [-0.2, 0) is 6.42 Å². The van der Waals surface area contributed by atoms with Crippen molar-refractivity contribution in [1.29, 1.82) is 0 Å². The molecule has 0 fully saturated rings. The minimum atomic E-state index is -0.274. The van der Waals surface area contributed by atoms with Crippen LogP contribution in [0.5, 0.6) is 0 Å². The van der Waals surface area contributed by atoms with Crippen molar-refractivity contribution in [3.05, 3.63) is 53.1 Å². The third-order valence-electron chi connectivity index (χ3n) is 4.14. The minimum absolute atomic E-state index is 0.0168. The van der Waals surface area contributed by atoms with Gasteiger partial charge < -0.3 is 0 Å². The SMILES string of the molecule is CSc1nc2ncc3c(n2n1)CC(c1ccc(F)cc1)CC3=O. The first kappa shape index (κ1) is 14.3. The van der Waals surface area contributed by atoms with E-state index in [2.05, 4.69) is 15.1 Å². The maximum Gasteiger partial charge on any atom is 0.253 e. The average molecular weight is 328 g/mol. The summed E-state index contributed by atoms with van der Waals surface area (Å²) in [5.74, 6) is 0.281. The predicted molar refractivity (Wildman–Crippen MR) is 84.4 cm³/mol. The molecule has 7 heteroatoms. The van der Waals surface area contributed by atoms with Gasteiger partial charge in [0.15, 0.2) is 5.78 Å². The highest BCUT2D eigenvalue weighted by molar-refractivity contribution is 7.98. The second kappa shape index (κ2) is 5.42. The Labute approximate surface area is 136 Å². The fourth-order valence-electron chi connectivity index (χ4n) is 2.99. The molecule has 1 atom stereocenters. The number of halogens is 1. The molecule has 1 unspecified atom stereocenters. The Hall–Kier alpha value is -2.28. The highest BCUT2D eigenvalue weighted by Gasteiger charge is 2.29. The molecule has 0 aliphatic heterocycles. The first-order chi connectivity index (χ1) is 11.2. The number of benzene rings is 1. The van der Waals surface area contributed by atoms with Crippen LogP contribution in [0.3, 0.4) is 0 Å². The number of hydrogen-bond acceptors (Lipinski definition) is 5. The maximum atomic E-state index is 13.1. The lowest BCUT2D eigenvalue weighted by molar-refractivity contribution is 0.0962. The smallest absolute Gasteiger partial charge is 0.253 e. The van der Waals surface area contributed by atoms with Crippen LogP contribution in [0.15, 0.2) is 35.6 Å². The third kappa shape index (κ3) is 2.41. The molecule has 0 bridgehead atoms. The van der Waals surface area contributed by atoms with E-state index in [1.807, 2.05) is 6.26 Å². The zero-order chi connectivity index (χ0) is 16.0. The zero-order valence-corrected chi connectivity index (χ0v) is 13.2. The van der Waals surface area contributed by atoms with Crippen LogP contribution in [0, 0.1) is 5.82 Å². The van der Waals surface area contributed by atoms with Crippen LogP contribution in [0.2, 0.25) is 0 Å². The fraction of sp³-hybridized carbons (Fsp3) is 0.250. The molecule has 1 aliphatic carbocycles. The van der Waals surface area contributed by atoms with E-state index in [-0.39, 0.29) is 17.5 Å². The number of hydrogen-bond donors (Lipinski definition) is 0. The van der Waals surface area contributed by atoms with Gasteiger partial charge in [-0.25, -0.2) is 9.37 Å². The van der Waals surface area contributed by atoms with Gasteiger partial charge >= 0.3 is 0 Å². The van der Waals surface area contributed by atoms with Crippen LogP contribution >= 0.6 is 11.8 Å². The van der Waals surface area contributed by atoms with E-state index in [0.29, 0.717) is 29.3 Å². The summed E-state index contributed by atoms with van der Waals surface area (Å²) in [5, 5.41) is 5.04. The Bertz CT molecular complexity index is 906. The molecule has 4 rings (SSSR count). The largest absolute Gasteiger partial charge is 0.294 e. The molecule has 0 radical (unpaired) electrons. The van der Waals surface area contributed by atoms with Crippen LogP contribution in [0.1, 0.15) is 34.0 Å². The summed E-state index contributed by atoms with van der Waals surface area (Å²) in [5.41, 5.74) is 2.39. The first-order valence-electron chi connectivity index (χ1n) is 7.23. The third-order valence-corrected chi connectivity index (χ3v) is 4.68. The van der Waals surface area contributed by atoms with Crippen molar-refractivity contribution in [1.82, 2.24) is 19.6 Å². The fourth-order valence-corrected chi connectivity index (χ4v) is 3.32. The van der Waals surface area contributed by atoms with Crippen molar-refractivity contribution in [3.63, 3.8) is 0 Å². The highest BCUT2D eigenvalue weighted by Crippen LogP contribution is 2.32. The summed E-state index contributed by atoms with van der Waals surface area (Å²) in [6.07, 6.45) is 4.54. The molecule has 2 heterocycles. The highest BCUT2D eigenvalue weighted by atomic mass is 32.2. The van der Waals surface area contributed by atoms with Gasteiger partial charge in [-0.15, -0.1) is 5.10 Å². The molecular weight excluding hydrogens is 315 g/mol. The normalized spacial score (nSPS) is 17.5. The summed E-state index contributed by atoms with van der Waals surface area (Å²) >= 11 is 1.44. The topological polar surface area (TPSA) is 60.1 Å². The molecule has 0 amide bonds. The molecule has 3 aromatic rings. The molecule has 1 aromatic carbocycles. The van der Waals surface area contributed by atoms with Gasteiger partial charge in [-0.3, -0.25) is 4.79 Å². The second-order valence-corrected chi connectivity index (χ2v) is 6.28. The number of nitrogens with zero attached hydrogens (tertiary/aromatic N) is 4. The molecule has 0 saturated heterocycles. The number of fused-ring (bicyclic) bond motifs is 3. The molecule has 1 aliphatic rings. The van der Waals surface area contributed by atoms with Gasteiger partial charge in [0.05, 0.1) is 11.3 Å². The molecular formula is C16H13FN4OS. The summed E-state index contributed by atoms with van der Waals surface area (Å²) < 4.78 is 14.8. The van der Waals surface area contributed by atoms with Gasteiger partial charge in [-0.2, -0.15) is 9.50 Å². The number of rotatable bonds is 2. The molecule has 116 valence electrons. The lowest BCUT2D eigenvalue weighted by Crippen LogP contribution is -2.22. The molecule has 0 spiro atoms. The lowest BCUT2D eigenvalue weighted by atomic mass is 9.82. The van der Waals surface area contributed by atoms with Crippen molar-refractivity contribution in [2.24, 2.45) is 0 Å².